The molecular weight excluding hydrogens is 380 g/mol. The van der Waals surface area contributed by atoms with Gasteiger partial charge in [-0.2, -0.15) is 0 Å². The van der Waals surface area contributed by atoms with Gasteiger partial charge in [0.1, 0.15) is 23.2 Å². The molecule has 3 atom stereocenters. The van der Waals surface area contributed by atoms with Crippen LogP contribution in [0.5, 0.6) is 11.5 Å². The van der Waals surface area contributed by atoms with Crippen LogP contribution in [0.2, 0.25) is 0 Å². The van der Waals surface area contributed by atoms with Crippen LogP contribution >= 0.6 is 0 Å². The molecule has 1 aliphatic heterocycles. The molecule has 1 aliphatic carbocycles. The molecule has 1 fully saturated rings. The summed E-state index contributed by atoms with van der Waals surface area (Å²) in [7, 11) is 0. The Labute approximate surface area is 179 Å². The summed E-state index contributed by atoms with van der Waals surface area (Å²) in [4.78, 5) is 23.4. The smallest absolute Gasteiger partial charge is 0.308 e. The minimum absolute atomic E-state index is 0.0992. The molecule has 1 aromatic rings. The Morgan fingerprint density at radius 1 is 1.20 bits per heavy atom. The van der Waals surface area contributed by atoms with Gasteiger partial charge in [-0.05, 0) is 62.8 Å². The number of rotatable bonds is 6. The summed E-state index contributed by atoms with van der Waals surface area (Å²) in [5, 5.41) is 0. The van der Waals surface area contributed by atoms with E-state index in [2.05, 4.69) is 33.4 Å². The number of benzene rings is 1. The molecule has 1 aromatic carbocycles. The van der Waals surface area contributed by atoms with Gasteiger partial charge in [0, 0.05) is 31.2 Å². The first-order valence-electron chi connectivity index (χ1n) is 11.0. The van der Waals surface area contributed by atoms with Crippen molar-refractivity contribution in [2.45, 2.75) is 90.8 Å². The van der Waals surface area contributed by atoms with Gasteiger partial charge < -0.3 is 14.2 Å². The van der Waals surface area contributed by atoms with Gasteiger partial charge >= 0.3 is 11.9 Å². The number of unbranched alkanes of at least 4 members (excludes halogenated alkanes) is 2. The first-order valence-corrected chi connectivity index (χ1v) is 11.0. The zero-order valence-corrected chi connectivity index (χ0v) is 18.9. The van der Waals surface area contributed by atoms with E-state index in [4.69, 9.17) is 14.2 Å². The standard InChI is InChI=1S/C25H34O5/c1-7-8-9-10-18-12-22(29-17(4)27)24-19-11-15(2)21(28-16(3)26)14-20(19)25(5,6)30-23(24)13-18/h12-13,19-21H,2,7-11,14H2,1,3-6H3/t19-,20-,21+/m1/s1. The monoisotopic (exact) mass is 414 g/mol. The first-order chi connectivity index (χ1) is 14.1. The van der Waals surface area contributed by atoms with Gasteiger partial charge in [0.2, 0.25) is 0 Å². The van der Waals surface area contributed by atoms with Crippen LogP contribution in [-0.2, 0) is 20.7 Å². The number of carbonyl (C=O) groups is 2. The second kappa shape index (κ2) is 8.83. The molecule has 0 N–H and O–H groups in total. The summed E-state index contributed by atoms with van der Waals surface area (Å²) in [5.74, 6) is 0.965. The van der Waals surface area contributed by atoms with Crippen molar-refractivity contribution in [1.82, 2.24) is 0 Å². The third kappa shape index (κ3) is 4.71. The average molecular weight is 415 g/mol. The maximum atomic E-state index is 11.9. The van der Waals surface area contributed by atoms with E-state index >= 15 is 0 Å². The molecule has 30 heavy (non-hydrogen) atoms. The lowest BCUT2D eigenvalue weighted by Gasteiger charge is -2.49. The Hall–Kier alpha value is -2.30. The zero-order chi connectivity index (χ0) is 22.1. The molecular formula is C25H34O5. The van der Waals surface area contributed by atoms with Crippen molar-refractivity contribution in [3.63, 3.8) is 0 Å². The van der Waals surface area contributed by atoms with Crippen molar-refractivity contribution >= 4 is 11.9 Å². The highest BCUT2D eigenvalue weighted by Crippen LogP contribution is 2.56. The predicted molar refractivity (Wildman–Crippen MR) is 116 cm³/mol. The van der Waals surface area contributed by atoms with Gasteiger partial charge in [0.15, 0.2) is 0 Å². The van der Waals surface area contributed by atoms with Gasteiger partial charge in [0.25, 0.3) is 0 Å². The fourth-order valence-corrected chi connectivity index (χ4v) is 4.95. The van der Waals surface area contributed by atoms with Crippen LogP contribution in [0, 0.1) is 5.92 Å². The Bertz CT molecular complexity index is 838. The summed E-state index contributed by atoms with van der Waals surface area (Å²) in [6, 6.07) is 4.10. The quantitative estimate of drug-likeness (QED) is 0.266. The molecule has 0 radical (unpaired) electrons. The maximum absolute atomic E-state index is 11.9. The first kappa shape index (κ1) is 22.4. The number of fused-ring (bicyclic) bond motifs is 3. The van der Waals surface area contributed by atoms with E-state index in [1.54, 1.807) is 0 Å². The number of ether oxygens (including phenoxy) is 3. The lowest BCUT2D eigenvalue weighted by Crippen LogP contribution is -2.49. The lowest BCUT2D eigenvalue weighted by atomic mass is 9.64. The Morgan fingerprint density at radius 2 is 1.93 bits per heavy atom. The molecule has 3 rings (SSSR count). The molecule has 5 heteroatoms. The van der Waals surface area contributed by atoms with Gasteiger partial charge in [-0.15, -0.1) is 0 Å². The highest BCUT2D eigenvalue weighted by Gasteiger charge is 2.49. The summed E-state index contributed by atoms with van der Waals surface area (Å²) < 4.78 is 17.7. The van der Waals surface area contributed by atoms with Crippen molar-refractivity contribution < 1.29 is 23.8 Å². The van der Waals surface area contributed by atoms with Gasteiger partial charge in [0.05, 0.1) is 0 Å². The summed E-state index contributed by atoms with van der Waals surface area (Å²) >= 11 is 0. The number of carbonyl (C=O) groups excluding carboxylic acids is 2. The zero-order valence-electron chi connectivity index (χ0n) is 18.9. The second-order valence-corrected chi connectivity index (χ2v) is 9.17. The topological polar surface area (TPSA) is 61.8 Å². The fraction of sp³-hybridized carbons (Fsp3) is 0.600. The maximum Gasteiger partial charge on any atom is 0.308 e. The molecule has 164 valence electrons. The van der Waals surface area contributed by atoms with E-state index in [-0.39, 0.29) is 29.9 Å². The Morgan fingerprint density at radius 3 is 2.57 bits per heavy atom. The van der Waals surface area contributed by atoms with Crippen molar-refractivity contribution in [3.05, 3.63) is 35.4 Å². The van der Waals surface area contributed by atoms with E-state index in [0.29, 0.717) is 18.6 Å². The summed E-state index contributed by atoms with van der Waals surface area (Å²) in [5.41, 5.74) is 2.53. The number of esters is 2. The van der Waals surface area contributed by atoms with E-state index in [0.717, 1.165) is 48.1 Å². The summed E-state index contributed by atoms with van der Waals surface area (Å²) in [6.07, 6.45) is 5.34. The second-order valence-electron chi connectivity index (χ2n) is 9.17. The minimum Gasteiger partial charge on any atom is -0.487 e. The van der Waals surface area contributed by atoms with Gasteiger partial charge in [-0.25, -0.2) is 0 Å². The number of hydrogen-bond donors (Lipinski definition) is 0. The number of aryl methyl sites for hydroxylation is 1. The van der Waals surface area contributed by atoms with Crippen LogP contribution < -0.4 is 9.47 Å². The fourth-order valence-electron chi connectivity index (χ4n) is 4.95. The third-order valence-electron chi connectivity index (χ3n) is 6.32. The van der Waals surface area contributed by atoms with Crippen molar-refractivity contribution in [2.24, 2.45) is 5.92 Å². The summed E-state index contributed by atoms with van der Waals surface area (Å²) in [6.45, 7) is 13.4. The highest BCUT2D eigenvalue weighted by atomic mass is 16.5. The molecule has 0 aromatic heterocycles. The van der Waals surface area contributed by atoms with E-state index < -0.39 is 5.60 Å². The average Bonchev–Trinajstić information content (AvgIpc) is 2.61. The lowest BCUT2D eigenvalue weighted by molar-refractivity contribution is -0.148. The van der Waals surface area contributed by atoms with E-state index in [1.807, 2.05) is 6.07 Å². The normalized spacial score (nSPS) is 24.3. The van der Waals surface area contributed by atoms with Crippen LogP contribution in [0.1, 0.15) is 83.8 Å². The molecule has 0 saturated heterocycles. The van der Waals surface area contributed by atoms with Gasteiger partial charge in [-0.1, -0.05) is 26.3 Å². The molecule has 5 nitrogen and oxygen atoms in total. The highest BCUT2D eigenvalue weighted by molar-refractivity contribution is 5.71. The van der Waals surface area contributed by atoms with Crippen molar-refractivity contribution in [2.75, 3.05) is 0 Å². The third-order valence-corrected chi connectivity index (χ3v) is 6.32. The molecule has 0 unspecified atom stereocenters. The Kier molecular flexibility index (Phi) is 6.59. The molecule has 0 bridgehead atoms. The van der Waals surface area contributed by atoms with Crippen LogP contribution in [0.4, 0.5) is 0 Å². The van der Waals surface area contributed by atoms with E-state index in [1.165, 1.54) is 13.8 Å². The molecule has 0 spiro atoms. The molecule has 0 amide bonds. The van der Waals surface area contributed by atoms with Crippen molar-refractivity contribution in [3.8, 4) is 11.5 Å². The van der Waals surface area contributed by atoms with Crippen molar-refractivity contribution in [1.29, 1.82) is 0 Å². The van der Waals surface area contributed by atoms with Crippen LogP contribution in [0.25, 0.3) is 0 Å². The minimum atomic E-state index is -0.438. The Balaban J connectivity index is 2.02. The van der Waals surface area contributed by atoms with Crippen LogP contribution in [0.3, 0.4) is 0 Å². The molecule has 1 saturated carbocycles. The van der Waals surface area contributed by atoms with Crippen LogP contribution in [-0.4, -0.2) is 23.6 Å². The predicted octanol–water partition coefficient (Wildman–Crippen LogP) is 5.50. The SMILES string of the molecule is C=C1C[C@H]2c3c(OC(C)=O)cc(CCCCC)cc3OC(C)(C)[C@@H]2C[C@@H]1OC(C)=O. The number of hydrogen-bond acceptors (Lipinski definition) is 5. The molecule has 1 heterocycles. The molecule has 2 aliphatic rings. The van der Waals surface area contributed by atoms with Crippen LogP contribution in [0.15, 0.2) is 24.3 Å². The van der Waals surface area contributed by atoms with E-state index in [9.17, 15) is 9.59 Å². The largest absolute Gasteiger partial charge is 0.487 e. The van der Waals surface area contributed by atoms with Gasteiger partial charge in [-0.3, -0.25) is 9.59 Å².